The standard InChI is InChI=1S/C135H143B3N6/c1-82-67-118-124-121(70-82)142(103-55-40-94(41-56-103)130(13,14)15)115-64-46-97(133(22,23)24)79-109(115)136(124)106-76-85(31-61-112(106)139(118)100-49-34-91(35-50-100)127(4,5)6)88-73-89(86-32-62-113-107(77-86)137-110-80-98(134(25,26)27)47-65-116(110)143(104-57-42-95(43-58-104)131(16,17)18)122-71-83(2)68-119(125(122)137)140(113)101-51-36-92(37-52-101)128(7,8)9)75-90(74-88)87-33-63-114-108(78-87)138-111-81-99(135(28,29)30)48-66-117(111)144(105-59-44-96(45-60-105)132(19,20)21)123-72-84(3)69-120(126(123)138)141(114)102-53-38-93(39-54-102)129(10,11)12/h31-32,34-62,64-81H,33,63H2,1-30H3. The summed E-state index contributed by atoms with van der Waals surface area (Å²) >= 11 is 0. The van der Waals surface area contributed by atoms with Crippen LogP contribution in [0.5, 0.6) is 0 Å². The first-order valence-electron chi connectivity index (χ1n) is 53.0. The quantitative estimate of drug-likeness (QED) is 0.133. The van der Waals surface area contributed by atoms with Crippen molar-refractivity contribution in [2.75, 3.05) is 29.4 Å². The van der Waals surface area contributed by atoms with E-state index in [-0.39, 0.29) is 68.9 Å². The van der Waals surface area contributed by atoms with Gasteiger partial charge in [-0.05, 0) is 389 Å². The van der Waals surface area contributed by atoms with E-state index in [1.54, 1.807) is 0 Å². The number of benzene rings is 15. The maximum atomic E-state index is 2.71. The van der Waals surface area contributed by atoms with Crippen molar-refractivity contribution in [1.82, 2.24) is 0 Å². The molecule has 0 N–H and O–H groups in total. The number of nitrogens with zero attached hydrogens (tertiary/aromatic N) is 6. The summed E-state index contributed by atoms with van der Waals surface area (Å²) in [6, 6.07) is 118. The molecule has 7 aliphatic rings. The van der Waals surface area contributed by atoms with Crippen molar-refractivity contribution in [3.05, 3.63) is 381 Å². The molecule has 0 bridgehead atoms. The number of allylic oxidation sites excluding steroid dienone is 4. The number of anilines is 17. The summed E-state index contributed by atoms with van der Waals surface area (Å²) in [6.45, 7) is 69.9. The second-order valence-electron chi connectivity index (χ2n) is 52.2. The monoisotopic (exact) mass is 1880 g/mol. The summed E-state index contributed by atoms with van der Waals surface area (Å²) in [5.74, 6) is 0. The molecule has 0 unspecified atom stereocenters. The summed E-state index contributed by atoms with van der Waals surface area (Å²) < 4.78 is 0. The fourth-order valence-electron chi connectivity index (χ4n) is 24.2. The maximum absolute atomic E-state index is 2.71. The van der Waals surface area contributed by atoms with E-state index in [1.807, 2.05) is 0 Å². The van der Waals surface area contributed by atoms with Crippen molar-refractivity contribution in [1.29, 1.82) is 0 Å². The third-order valence-electron chi connectivity index (χ3n) is 32.4. The zero-order valence-electron chi connectivity index (χ0n) is 91.1. The van der Waals surface area contributed by atoms with Crippen LogP contribution in [0.3, 0.4) is 0 Å². The highest BCUT2D eigenvalue weighted by Crippen LogP contribution is 2.55. The van der Waals surface area contributed by atoms with Gasteiger partial charge in [-0.3, -0.25) is 0 Å². The fraction of sp³-hybridized carbons (Fsp3) is 0.304. The topological polar surface area (TPSA) is 19.4 Å². The van der Waals surface area contributed by atoms with Crippen LogP contribution in [0.2, 0.25) is 0 Å². The predicted molar refractivity (Wildman–Crippen MR) is 627 cm³/mol. The summed E-state index contributed by atoms with van der Waals surface area (Å²) in [7, 11) is 0. The second kappa shape index (κ2) is 33.4. The molecule has 0 saturated carbocycles. The smallest absolute Gasteiger partial charge is 0.252 e. The Morgan fingerprint density at radius 3 is 0.646 bits per heavy atom. The van der Waals surface area contributed by atoms with Gasteiger partial charge in [-0.25, -0.2) is 0 Å². The minimum atomic E-state index is -0.153. The highest BCUT2D eigenvalue weighted by atomic mass is 15.2. The van der Waals surface area contributed by atoms with Gasteiger partial charge < -0.3 is 29.4 Å². The van der Waals surface area contributed by atoms with Gasteiger partial charge >= 0.3 is 0 Å². The van der Waals surface area contributed by atoms with E-state index in [1.165, 1.54) is 223 Å². The molecule has 9 heteroatoms. The zero-order valence-corrected chi connectivity index (χ0v) is 91.1. The lowest BCUT2D eigenvalue weighted by Gasteiger charge is -2.46. The molecule has 0 atom stereocenters. The summed E-state index contributed by atoms with van der Waals surface area (Å²) in [5, 5.41) is 0. The number of hydrogen-bond donors (Lipinski definition) is 0. The minimum Gasteiger partial charge on any atom is -0.315 e. The van der Waals surface area contributed by atoms with Crippen LogP contribution in [-0.2, 0) is 48.7 Å². The van der Waals surface area contributed by atoms with E-state index in [2.05, 4.69) is 534 Å². The minimum absolute atomic E-state index is 0.0205. The highest BCUT2D eigenvalue weighted by molar-refractivity contribution is 7.01. The molecule has 0 amide bonds. The average Bonchev–Trinajstić information content (AvgIpc) is 0.700. The van der Waals surface area contributed by atoms with Gasteiger partial charge in [0.05, 0.1) is 0 Å². The normalized spacial score (nSPS) is 15.0. The van der Waals surface area contributed by atoms with Crippen LogP contribution in [-0.4, -0.2) is 20.1 Å². The van der Waals surface area contributed by atoms with Crippen LogP contribution < -0.4 is 73.1 Å². The summed E-state index contributed by atoms with van der Waals surface area (Å²) in [6.07, 6.45) is 4.34. The Balaban J connectivity index is 0.818. The van der Waals surface area contributed by atoms with Crippen molar-refractivity contribution in [2.24, 2.45) is 0 Å². The van der Waals surface area contributed by atoms with Gasteiger partial charge in [0, 0.05) is 102 Å². The van der Waals surface area contributed by atoms with E-state index in [4.69, 9.17) is 0 Å². The molecule has 15 aromatic carbocycles. The number of rotatable bonds is 9. The summed E-state index contributed by atoms with van der Waals surface area (Å²) in [4.78, 5) is 15.8. The molecule has 722 valence electrons. The van der Waals surface area contributed by atoms with E-state index < -0.39 is 0 Å². The lowest BCUT2D eigenvalue weighted by molar-refractivity contribution is 0.590. The van der Waals surface area contributed by atoms with Crippen LogP contribution >= 0.6 is 0 Å². The van der Waals surface area contributed by atoms with Gasteiger partial charge in [0.1, 0.15) is 0 Å². The van der Waals surface area contributed by atoms with Crippen molar-refractivity contribution >= 4 is 166 Å². The Bertz CT molecular complexity index is 7470. The second-order valence-corrected chi connectivity index (χ2v) is 52.2. The third-order valence-corrected chi connectivity index (χ3v) is 32.4. The molecule has 0 saturated heterocycles. The van der Waals surface area contributed by atoms with E-state index in [9.17, 15) is 0 Å². The molecule has 0 spiro atoms. The first kappa shape index (κ1) is 95.6. The molecular weight excluding hydrogens is 1740 g/mol. The van der Waals surface area contributed by atoms with E-state index in [0.29, 0.717) is 0 Å². The number of hydrogen-bond acceptors (Lipinski definition) is 6. The highest BCUT2D eigenvalue weighted by Gasteiger charge is 2.50. The predicted octanol–water partition coefficient (Wildman–Crippen LogP) is 32.0. The Hall–Kier alpha value is -13.2. The lowest BCUT2D eigenvalue weighted by Crippen LogP contribution is -2.61. The summed E-state index contributed by atoms with van der Waals surface area (Å²) in [5.41, 5.74) is 55.6. The first-order valence-corrected chi connectivity index (χ1v) is 53.0. The number of fused-ring (bicyclic) bond motifs is 11. The van der Waals surface area contributed by atoms with Crippen molar-refractivity contribution in [3.8, 4) is 22.3 Å². The SMILES string of the molecule is Cc1cc2c3c(c1)N(c1ccc(C(C)(C)C)cc1)c1ccc(C(C)(C)C)cc1B3C1=C(CCC(c3cc(-c4ccc5c(c4)B4c6cc(C(C)(C)C)ccc6N(c6ccc(C(C)(C)C)cc6)c6cc(C)cc(c64)N5c4ccc(C(C)(C)C)cc4)cc(-c4ccc5c(c4)B4c6cc(C(C)(C)C)ccc6N(c6ccc(C(C)(C)C)cc6)c6cc(C)cc(c64)N5c4ccc(C(C)(C)C)cc4)c3)=C1)N2c1ccc(C(C)(C)C)cc1. The Kier molecular flexibility index (Phi) is 22.2. The van der Waals surface area contributed by atoms with Crippen molar-refractivity contribution < 1.29 is 0 Å². The van der Waals surface area contributed by atoms with Crippen LogP contribution in [0.1, 0.15) is 272 Å². The Morgan fingerprint density at radius 1 is 0.181 bits per heavy atom. The lowest BCUT2D eigenvalue weighted by atomic mass is 9.32. The molecule has 1 aliphatic carbocycles. The van der Waals surface area contributed by atoms with Gasteiger partial charge in [-0.2, -0.15) is 0 Å². The van der Waals surface area contributed by atoms with Crippen LogP contribution in [0.4, 0.5) is 96.7 Å². The molecule has 6 aliphatic heterocycles. The molecule has 0 fully saturated rings. The van der Waals surface area contributed by atoms with Gasteiger partial charge in [0.25, 0.3) is 20.1 Å². The molecule has 144 heavy (non-hydrogen) atoms. The van der Waals surface area contributed by atoms with Crippen LogP contribution in [0, 0.1) is 20.8 Å². The molecular formula is C135H143B3N6. The third kappa shape index (κ3) is 16.3. The number of aryl methyl sites for hydroxylation is 3. The fourth-order valence-corrected chi connectivity index (χ4v) is 24.2. The van der Waals surface area contributed by atoms with Crippen molar-refractivity contribution in [3.63, 3.8) is 0 Å². The van der Waals surface area contributed by atoms with Crippen molar-refractivity contribution in [2.45, 2.75) is 269 Å². The maximum Gasteiger partial charge on any atom is 0.252 e. The average molecular weight is 1880 g/mol. The Labute approximate surface area is 861 Å². The van der Waals surface area contributed by atoms with Gasteiger partial charge in [-0.1, -0.05) is 326 Å². The Morgan fingerprint density at radius 2 is 0.389 bits per heavy atom. The van der Waals surface area contributed by atoms with E-state index >= 15 is 0 Å². The largest absolute Gasteiger partial charge is 0.315 e. The van der Waals surface area contributed by atoms with Crippen LogP contribution in [0.15, 0.2) is 308 Å². The van der Waals surface area contributed by atoms with Crippen LogP contribution in [0.25, 0.3) is 27.8 Å². The molecule has 15 aromatic rings. The molecule has 0 aromatic heterocycles. The zero-order chi connectivity index (χ0) is 102. The molecule has 0 radical (unpaired) electrons. The first-order chi connectivity index (χ1) is 67.8. The van der Waals surface area contributed by atoms with Gasteiger partial charge in [0.15, 0.2) is 0 Å². The molecule has 6 nitrogen and oxygen atoms in total. The van der Waals surface area contributed by atoms with Gasteiger partial charge in [0.2, 0.25) is 0 Å². The van der Waals surface area contributed by atoms with Gasteiger partial charge in [-0.15, -0.1) is 0 Å². The molecule has 22 rings (SSSR count). The van der Waals surface area contributed by atoms with E-state index in [0.717, 1.165) is 41.3 Å². The molecule has 6 heterocycles.